The Hall–Kier alpha value is -2.34. The number of rotatable bonds is 2. The monoisotopic (exact) mass is 327 g/mol. The average molecular weight is 327 g/mol. The van der Waals surface area contributed by atoms with Gasteiger partial charge in [0.2, 0.25) is 5.88 Å². The molecule has 0 spiro atoms. The number of benzene rings is 1. The fourth-order valence-corrected chi connectivity index (χ4v) is 4.04. The van der Waals surface area contributed by atoms with Gasteiger partial charge in [0, 0.05) is 16.8 Å². The van der Waals surface area contributed by atoms with Gasteiger partial charge in [0.05, 0.1) is 11.2 Å². The summed E-state index contributed by atoms with van der Waals surface area (Å²) in [7, 11) is 0. The lowest BCUT2D eigenvalue weighted by atomic mass is 10.0. The molecule has 6 heteroatoms. The average Bonchev–Trinajstić information content (AvgIpc) is 2.99. The number of aromatic nitrogens is 2. The summed E-state index contributed by atoms with van der Waals surface area (Å²) in [6, 6.07) is 5.90. The molecule has 2 aromatic heterocycles. The predicted molar refractivity (Wildman–Crippen MR) is 91.5 cm³/mol. The van der Waals surface area contributed by atoms with E-state index in [0.717, 1.165) is 40.9 Å². The first kappa shape index (κ1) is 14.3. The highest BCUT2D eigenvalue weighted by Gasteiger charge is 2.26. The molecule has 1 amide bonds. The van der Waals surface area contributed by atoms with Crippen LogP contribution < -0.4 is 5.32 Å². The van der Waals surface area contributed by atoms with E-state index in [1.165, 1.54) is 16.9 Å². The molecular weight excluding hydrogens is 310 g/mol. The van der Waals surface area contributed by atoms with Crippen molar-refractivity contribution in [2.75, 3.05) is 5.32 Å². The van der Waals surface area contributed by atoms with Gasteiger partial charge >= 0.3 is 0 Å². The number of hydrogen-bond acceptors (Lipinski definition) is 4. The van der Waals surface area contributed by atoms with E-state index >= 15 is 0 Å². The van der Waals surface area contributed by atoms with Gasteiger partial charge in [-0.25, -0.2) is 4.98 Å². The van der Waals surface area contributed by atoms with Gasteiger partial charge in [0.1, 0.15) is 5.56 Å². The molecule has 5 nitrogen and oxygen atoms in total. The number of para-hydroxylation sites is 1. The molecule has 23 heavy (non-hydrogen) atoms. The molecule has 0 bridgehead atoms. The van der Waals surface area contributed by atoms with Crippen LogP contribution >= 0.6 is 11.3 Å². The molecule has 3 aromatic rings. The van der Waals surface area contributed by atoms with Crippen molar-refractivity contribution < 1.29 is 9.90 Å². The fraction of sp³-hybridized carbons (Fsp3) is 0.294. The van der Waals surface area contributed by atoms with Crippen LogP contribution in [0.2, 0.25) is 0 Å². The van der Waals surface area contributed by atoms with Gasteiger partial charge in [0.15, 0.2) is 5.13 Å². The lowest BCUT2D eigenvalue weighted by Gasteiger charge is -2.15. The first-order valence-electron chi connectivity index (χ1n) is 7.64. The van der Waals surface area contributed by atoms with Crippen molar-refractivity contribution in [1.82, 2.24) is 9.55 Å². The van der Waals surface area contributed by atoms with Gasteiger partial charge in [-0.3, -0.25) is 10.1 Å². The summed E-state index contributed by atoms with van der Waals surface area (Å²) in [4.78, 5) is 18.1. The molecule has 1 aromatic carbocycles. The number of thiazole rings is 1. The van der Waals surface area contributed by atoms with Crippen LogP contribution in [0.4, 0.5) is 5.13 Å². The molecule has 0 saturated carbocycles. The van der Waals surface area contributed by atoms with Gasteiger partial charge in [-0.05, 0) is 32.3 Å². The van der Waals surface area contributed by atoms with Crippen LogP contribution in [0.5, 0.6) is 5.88 Å². The summed E-state index contributed by atoms with van der Waals surface area (Å²) in [6.45, 7) is 4.63. The maximum atomic E-state index is 12.7. The van der Waals surface area contributed by atoms with Gasteiger partial charge in [-0.1, -0.05) is 18.2 Å². The predicted octanol–water partition coefficient (Wildman–Crippen LogP) is 3.62. The van der Waals surface area contributed by atoms with Crippen LogP contribution in [-0.2, 0) is 13.0 Å². The maximum Gasteiger partial charge on any atom is 0.263 e. The molecule has 1 aliphatic rings. The van der Waals surface area contributed by atoms with Crippen LogP contribution in [0.15, 0.2) is 18.2 Å². The largest absolute Gasteiger partial charge is 0.494 e. The summed E-state index contributed by atoms with van der Waals surface area (Å²) in [5, 5.41) is 14.8. The van der Waals surface area contributed by atoms with Crippen molar-refractivity contribution in [3.05, 3.63) is 39.9 Å². The minimum atomic E-state index is -0.306. The van der Waals surface area contributed by atoms with Crippen molar-refractivity contribution in [3.8, 4) is 5.88 Å². The standard InChI is InChI=1S/C17H17N3O2S/c1-9-10(2)23-17(18-9)19-15(21)13-12-7-3-5-11-6-4-8-20(14(11)12)16(13)22/h3,5,7,22H,4,6,8H2,1-2H3,(H,18,19,21). The van der Waals surface area contributed by atoms with Crippen LogP contribution in [0, 0.1) is 13.8 Å². The van der Waals surface area contributed by atoms with Gasteiger partial charge in [-0.15, -0.1) is 11.3 Å². The van der Waals surface area contributed by atoms with Crippen LogP contribution in [0.25, 0.3) is 10.9 Å². The molecule has 4 rings (SSSR count). The third-order valence-corrected chi connectivity index (χ3v) is 5.43. The van der Waals surface area contributed by atoms with Crippen molar-refractivity contribution in [1.29, 1.82) is 0 Å². The second-order valence-corrected chi connectivity index (χ2v) is 7.09. The van der Waals surface area contributed by atoms with Crippen molar-refractivity contribution >= 4 is 33.3 Å². The Morgan fingerprint density at radius 3 is 2.96 bits per heavy atom. The van der Waals surface area contributed by atoms with Gasteiger partial charge in [0.25, 0.3) is 5.91 Å². The molecule has 3 heterocycles. The topological polar surface area (TPSA) is 67.2 Å². The van der Waals surface area contributed by atoms with Crippen LogP contribution in [0.1, 0.15) is 32.9 Å². The molecule has 0 unspecified atom stereocenters. The van der Waals surface area contributed by atoms with Crippen molar-refractivity contribution in [3.63, 3.8) is 0 Å². The Kier molecular flexibility index (Phi) is 3.16. The second kappa shape index (κ2) is 5.09. The number of carbonyl (C=O) groups is 1. The summed E-state index contributed by atoms with van der Waals surface area (Å²) in [5.74, 6) is -0.256. The van der Waals surface area contributed by atoms with E-state index in [1.54, 1.807) is 0 Å². The van der Waals surface area contributed by atoms with E-state index in [4.69, 9.17) is 0 Å². The number of amides is 1. The van der Waals surface area contributed by atoms with Crippen molar-refractivity contribution in [2.45, 2.75) is 33.2 Å². The Labute approximate surface area is 137 Å². The minimum Gasteiger partial charge on any atom is -0.494 e. The molecule has 118 valence electrons. The molecule has 0 atom stereocenters. The molecule has 0 aliphatic carbocycles. The third kappa shape index (κ3) is 2.13. The highest BCUT2D eigenvalue weighted by atomic mass is 32.1. The lowest BCUT2D eigenvalue weighted by Crippen LogP contribution is -2.12. The first-order chi connectivity index (χ1) is 11.1. The first-order valence-corrected chi connectivity index (χ1v) is 8.46. The lowest BCUT2D eigenvalue weighted by molar-refractivity contribution is 0.102. The zero-order chi connectivity index (χ0) is 16.1. The number of anilines is 1. The van der Waals surface area contributed by atoms with Crippen LogP contribution in [-0.4, -0.2) is 20.6 Å². The summed E-state index contributed by atoms with van der Waals surface area (Å²) in [5.41, 5.74) is 3.42. The quantitative estimate of drug-likeness (QED) is 0.755. The number of aryl methyl sites for hydroxylation is 4. The summed E-state index contributed by atoms with van der Waals surface area (Å²) in [6.07, 6.45) is 1.95. The highest BCUT2D eigenvalue weighted by molar-refractivity contribution is 7.15. The minimum absolute atomic E-state index is 0.0506. The molecule has 0 fully saturated rings. The van der Waals surface area contributed by atoms with E-state index in [9.17, 15) is 9.90 Å². The summed E-state index contributed by atoms with van der Waals surface area (Å²) < 4.78 is 1.85. The van der Waals surface area contributed by atoms with E-state index in [0.29, 0.717) is 10.7 Å². The third-order valence-electron chi connectivity index (χ3n) is 4.44. The van der Waals surface area contributed by atoms with E-state index in [-0.39, 0.29) is 11.8 Å². The fourth-order valence-electron chi connectivity index (χ4n) is 3.23. The Balaban J connectivity index is 1.81. The van der Waals surface area contributed by atoms with E-state index in [2.05, 4.69) is 16.4 Å². The zero-order valence-corrected chi connectivity index (χ0v) is 13.8. The van der Waals surface area contributed by atoms with Gasteiger partial charge < -0.3 is 9.67 Å². The molecule has 0 saturated heterocycles. The van der Waals surface area contributed by atoms with Gasteiger partial charge in [-0.2, -0.15) is 0 Å². The smallest absolute Gasteiger partial charge is 0.263 e. The normalized spacial score (nSPS) is 13.5. The SMILES string of the molecule is Cc1nc(NC(=O)c2c(O)n3c4c(cccc24)CCC3)sc1C. The second-order valence-electron chi connectivity index (χ2n) is 5.88. The zero-order valence-electron chi connectivity index (χ0n) is 13.0. The number of hydrogen-bond donors (Lipinski definition) is 2. The number of carbonyl (C=O) groups excluding carboxylic acids is 1. The Morgan fingerprint density at radius 2 is 2.22 bits per heavy atom. The maximum absolute atomic E-state index is 12.7. The molecule has 1 aliphatic heterocycles. The van der Waals surface area contributed by atoms with E-state index < -0.39 is 0 Å². The summed E-state index contributed by atoms with van der Waals surface area (Å²) >= 11 is 1.45. The van der Waals surface area contributed by atoms with E-state index in [1.807, 2.05) is 30.5 Å². The number of aromatic hydroxyl groups is 1. The highest BCUT2D eigenvalue weighted by Crippen LogP contribution is 2.37. The molecule has 0 radical (unpaired) electrons. The Morgan fingerprint density at radius 1 is 1.39 bits per heavy atom. The van der Waals surface area contributed by atoms with Crippen molar-refractivity contribution in [2.24, 2.45) is 0 Å². The number of nitrogens with one attached hydrogen (secondary N) is 1. The number of nitrogens with zero attached hydrogens (tertiary/aromatic N) is 2. The Bertz CT molecular complexity index is 920. The van der Waals surface area contributed by atoms with Crippen LogP contribution in [0.3, 0.4) is 0 Å². The molecule has 2 N–H and O–H groups in total. The molecular formula is C17H17N3O2S.